The van der Waals surface area contributed by atoms with E-state index in [4.69, 9.17) is 15.9 Å². The molecule has 4 aromatic rings. The summed E-state index contributed by atoms with van der Waals surface area (Å²) in [6, 6.07) is 22.6. The fraction of sp³-hybridized carbons (Fsp3) is 0.182. The molecule has 1 unspecified atom stereocenters. The van der Waals surface area contributed by atoms with Gasteiger partial charge >= 0.3 is 0 Å². The van der Waals surface area contributed by atoms with Gasteiger partial charge in [0.15, 0.2) is 0 Å². The lowest BCUT2D eigenvalue weighted by Crippen LogP contribution is -2.26. The monoisotopic (exact) mass is 614 g/mol. The van der Waals surface area contributed by atoms with E-state index in [0.29, 0.717) is 0 Å². The molecule has 47 heavy (non-hydrogen) atoms. The highest BCUT2D eigenvalue weighted by Crippen LogP contribution is 2.63. The number of rotatable bonds is 9. The van der Waals surface area contributed by atoms with E-state index in [1.54, 1.807) is 6.20 Å². The molecule has 3 heteroatoms. The van der Waals surface area contributed by atoms with Crippen LogP contribution in [0.15, 0.2) is 125 Å². The van der Waals surface area contributed by atoms with Crippen LogP contribution in [0.5, 0.6) is 0 Å². The maximum atomic E-state index is 6.84. The maximum absolute atomic E-state index is 6.84. The first-order valence-electron chi connectivity index (χ1n) is 16.5. The van der Waals surface area contributed by atoms with Gasteiger partial charge < -0.3 is 15.9 Å². The molecule has 1 spiro atoms. The molecule has 3 nitrogen and oxygen atoms in total. The quantitative estimate of drug-likeness (QED) is 0.146. The summed E-state index contributed by atoms with van der Waals surface area (Å²) in [4.78, 5) is 0. The highest BCUT2D eigenvalue weighted by atomic mass is 16.3. The Labute approximate surface area is 279 Å². The molecular weight excluding hydrogens is 572 g/mol. The van der Waals surface area contributed by atoms with Crippen molar-refractivity contribution in [2.24, 2.45) is 11.5 Å². The Morgan fingerprint density at radius 1 is 0.915 bits per heavy atom. The van der Waals surface area contributed by atoms with Crippen LogP contribution in [-0.4, -0.2) is 0 Å². The summed E-state index contributed by atoms with van der Waals surface area (Å²) in [6.07, 6.45) is 17.9. The third-order valence-electron chi connectivity index (χ3n) is 9.60. The fourth-order valence-corrected chi connectivity index (χ4v) is 7.60. The van der Waals surface area contributed by atoms with Gasteiger partial charge in [-0.1, -0.05) is 111 Å². The summed E-state index contributed by atoms with van der Waals surface area (Å²) >= 11 is 0. The number of aryl methyl sites for hydroxylation is 1. The second-order valence-corrected chi connectivity index (χ2v) is 12.0. The summed E-state index contributed by atoms with van der Waals surface area (Å²) in [5, 5.41) is 0. The molecule has 0 saturated carbocycles. The van der Waals surface area contributed by atoms with Crippen LogP contribution < -0.4 is 11.5 Å². The maximum Gasteiger partial charge on any atom is 0.142 e. The number of nitrogens with two attached hydrogens (primary N) is 2. The van der Waals surface area contributed by atoms with Crippen LogP contribution in [0.25, 0.3) is 34.4 Å². The summed E-state index contributed by atoms with van der Waals surface area (Å²) in [5.41, 5.74) is 32.2. The zero-order valence-corrected chi connectivity index (χ0v) is 27.8. The van der Waals surface area contributed by atoms with Crippen LogP contribution in [0.3, 0.4) is 0 Å². The van der Waals surface area contributed by atoms with E-state index in [9.17, 15) is 0 Å². The van der Waals surface area contributed by atoms with Crippen LogP contribution in [0.2, 0.25) is 0 Å². The Morgan fingerprint density at radius 3 is 2.38 bits per heavy atom. The van der Waals surface area contributed by atoms with Crippen molar-refractivity contribution in [1.29, 1.82) is 0 Å². The lowest BCUT2D eigenvalue weighted by atomic mass is 9.69. The molecule has 0 amide bonds. The van der Waals surface area contributed by atoms with E-state index in [2.05, 4.69) is 125 Å². The van der Waals surface area contributed by atoms with Crippen molar-refractivity contribution >= 4 is 23.3 Å². The fourth-order valence-electron chi connectivity index (χ4n) is 7.60. The first kappa shape index (κ1) is 31.5. The second kappa shape index (κ2) is 13.1. The van der Waals surface area contributed by atoms with Crippen LogP contribution in [0.1, 0.15) is 90.1 Å². The lowest BCUT2D eigenvalue weighted by Gasteiger charge is -2.32. The molecule has 1 atom stereocenters. The van der Waals surface area contributed by atoms with Crippen molar-refractivity contribution in [1.82, 2.24) is 0 Å². The molecule has 1 aromatic heterocycles. The minimum Gasteiger partial charge on any atom is -0.460 e. The molecule has 2 aliphatic rings. The highest BCUT2D eigenvalue weighted by Gasteiger charge is 2.52. The van der Waals surface area contributed by atoms with E-state index in [1.807, 2.05) is 18.2 Å². The Balaban J connectivity index is 1.73. The predicted molar refractivity (Wildman–Crippen MR) is 198 cm³/mol. The van der Waals surface area contributed by atoms with Gasteiger partial charge in [-0.3, -0.25) is 0 Å². The van der Waals surface area contributed by atoms with E-state index < -0.39 is 5.41 Å². The van der Waals surface area contributed by atoms with Crippen molar-refractivity contribution in [3.8, 4) is 11.1 Å². The summed E-state index contributed by atoms with van der Waals surface area (Å²) in [5.74, 6) is 1.87. The Morgan fingerprint density at radius 2 is 1.68 bits per heavy atom. The van der Waals surface area contributed by atoms with Crippen LogP contribution >= 0.6 is 0 Å². The molecule has 6 rings (SSSR count). The number of hydrogen-bond acceptors (Lipinski definition) is 3. The van der Waals surface area contributed by atoms with Gasteiger partial charge in [0.1, 0.15) is 11.5 Å². The Hall–Kier alpha value is -5.46. The van der Waals surface area contributed by atoms with Gasteiger partial charge in [-0.15, -0.1) is 0 Å². The molecule has 0 radical (unpaired) electrons. The number of fused-ring (bicyclic) bond motifs is 7. The van der Waals surface area contributed by atoms with Crippen LogP contribution in [0.4, 0.5) is 0 Å². The minimum absolute atomic E-state index is 0.526. The Kier molecular flexibility index (Phi) is 8.79. The molecule has 4 N–H and O–H groups in total. The average Bonchev–Trinajstić information content (AvgIpc) is 3.69. The first-order valence-corrected chi connectivity index (χ1v) is 16.5. The first-order chi connectivity index (χ1) is 23.0. The van der Waals surface area contributed by atoms with E-state index in [0.717, 1.165) is 58.6 Å². The van der Waals surface area contributed by atoms with Gasteiger partial charge in [0, 0.05) is 29.3 Å². The van der Waals surface area contributed by atoms with Gasteiger partial charge in [-0.25, -0.2) is 0 Å². The van der Waals surface area contributed by atoms with Gasteiger partial charge in [-0.2, -0.15) is 0 Å². The average molecular weight is 615 g/mol. The van der Waals surface area contributed by atoms with Crippen LogP contribution in [-0.2, 0) is 18.3 Å². The molecule has 3 aromatic carbocycles. The van der Waals surface area contributed by atoms with Gasteiger partial charge in [0.25, 0.3) is 0 Å². The molecule has 0 saturated heterocycles. The molecule has 2 aliphatic carbocycles. The van der Waals surface area contributed by atoms with Crippen molar-refractivity contribution in [3.63, 3.8) is 0 Å². The second-order valence-electron chi connectivity index (χ2n) is 12.0. The van der Waals surface area contributed by atoms with Crippen molar-refractivity contribution in [2.75, 3.05) is 0 Å². The Bertz CT molecular complexity index is 2120. The molecule has 0 bridgehead atoms. The minimum atomic E-state index is -0.526. The van der Waals surface area contributed by atoms with Gasteiger partial charge in [0.2, 0.25) is 0 Å². The third kappa shape index (κ3) is 4.93. The number of furan rings is 1. The summed E-state index contributed by atoms with van der Waals surface area (Å²) in [7, 11) is 0. The molecule has 1 heterocycles. The summed E-state index contributed by atoms with van der Waals surface area (Å²) in [6.45, 7) is 12.9. The lowest BCUT2D eigenvalue weighted by molar-refractivity contribution is 0.503. The third-order valence-corrected chi connectivity index (χ3v) is 9.60. The topological polar surface area (TPSA) is 65.2 Å². The standard InChI is InChI=1S/C44H42N2O/c1-6-10-17-36-33(8-3)43(47-41(36)9-4)42-29(5)44(38-19-14-13-18-37(38)42)39-27-30(16-12-11-15-25-45)20-22-34(39)35-23-21-32(28-40(35)44)31(7-2)24-26-46/h7-8,10,12-14,17-28H,3,6,9,16,45-46H2,1-2,4-5H3/b17-10-,25-12?,26-24-,31-7+. The van der Waals surface area contributed by atoms with Crippen molar-refractivity contribution in [2.45, 2.75) is 52.4 Å². The molecular formula is C44H42N2O. The van der Waals surface area contributed by atoms with E-state index >= 15 is 0 Å². The van der Waals surface area contributed by atoms with E-state index in [1.165, 1.54) is 50.7 Å². The SMILES string of the molecule is C=Cc1c(C2=C(C)C3(c4ccccc42)c2cc(CC=C=C=CN)ccc2-c2ccc(C(/C=C\N)=C/C)cc23)oc(CC)c1/C=C\CC. The number of benzene rings is 3. The molecule has 0 fully saturated rings. The molecule has 0 aliphatic heterocycles. The van der Waals surface area contributed by atoms with Gasteiger partial charge in [-0.05, 0) is 107 Å². The summed E-state index contributed by atoms with van der Waals surface area (Å²) < 4.78 is 6.84. The smallest absolute Gasteiger partial charge is 0.142 e. The zero-order chi connectivity index (χ0) is 33.1. The normalized spacial score (nSPS) is 16.4. The number of allylic oxidation sites excluding steroid dienone is 6. The zero-order valence-electron chi connectivity index (χ0n) is 27.8. The predicted octanol–water partition coefficient (Wildman–Crippen LogP) is 10.3. The van der Waals surface area contributed by atoms with Crippen molar-refractivity contribution in [3.05, 3.63) is 177 Å². The highest BCUT2D eigenvalue weighted by molar-refractivity contribution is 5.99. The van der Waals surface area contributed by atoms with Gasteiger partial charge in [0.05, 0.1) is 5.41 Å². The van der Waals surface area contributed by atoms with Crippen LogP contribution in [0, 0.1) is 0 Å². The van der Waals surface area contributed by atoms with E-state index in [-0.39, 0.29) is 0 Å². The van der Waals surface area contributed by atoms with Crippen molar-refractivity contribution < 1.29 is 4.42 Å². The molecule has 234 valence electrons. The number of hydrogen-bond donors (Lipinski definition) is 2. The largest absolute Gasteiger partial charge is 0.460 e.